The number of hydrogen-bond acceptors (Lipinski definition) is 3. The molecule has 3 nitrogen and oxygen atoms in total. The van der Waals surface area contributed by atoms with Crippen molar-refractivity contribution in [3.05, 3.63) is 69.9 Å². The van der Waals surface area contributed by atoms with Gasteiger partial charge in [0.1, 0.15) is 5.69 Å². The summed E-state index contributed by atoms with van der Waals surface area (Å²) in [6, 6.07) is 14.2. The van der Waals surface area contributed by atoms with E-state index in [0.29, 0.717) is 0 Å². The lowest BCUT2D eigenvalue weighted by atomic mass is 9.86. The van der Waals surface area contributed by atoms with E-state index in [0.717, 1.165) is 44.9 Å². The number of halogens is 1. The molecule has 0 spiro atoms. The van der Waals surface area contributed by atoms with Gasteiger partial charge in [0.2, 0.25) is 0 Å². The molecule has 0 atom stereocenters. The molecule has 1 aliphatic heterocycles. The molecular formula is C20H18ClN3. The summed E-state index contributed by atoms with van der Waals surface area (Å²) < 4.78 is 0. The van der Waals surface area contributed by atoms with Gasteiger partial charge >= 0.3 is 0 Å². The minimum absolute atomic E-state index is 0.211. The van der Waals surface area contributed by atoms with Crippen molar-refractivity contribution in [2.45, 2.75) is 32.7 Å². The molecule has 1 aromatic heterocycles. The Bertz CT molecular complexity index is 989. The topological polar surface area (TPSA) is 38.1 Å². The number of benzene rings is 2. The van der Waals surface area contributed by atoms with Crippen LogP contribution in [0.1, 0.15) is 36.2 Å². The third kappa shape index (κ3) is 2.59. The van der Waals surface area contributed by atoms with E-state index >= 15 is 0 Å². The Morgan fingerprint density at radius 2 is 1.88 bits per heavy atom. The summed E-state index contributed by atoms with van der Waals surface area (Å²) in [6.07, 6.45) is 0.825. The van der Waals surface area contributed by atoms with Crippen molar-refractivity contribution >= 4 is 28.2 Å². The van der Waals surface area contributed by atoms with Crippen LogP contribution in [0, 0.1) is 6.92 Å². The third-order valence-electron chi connectivity index (χ3n) is 4.38. The molecule has 1 aliphatic rings. The third-order valence-corrected chi connectivity index (χ3v) is 4.74. The second-order valence-corrected chi connectivity index (χ2v) is 7.41. The molecule has 0 saturated heterocycles. The number of hydrogen-bond donors (Lipinski definition) is 0. The monoisotopic (exact) mass is 335 g/mol. The van der Waals surface area contributed by atoms with Gasteiger partial charge in [0.15, 0.2) is 0 Å². The maximum Gasteiger partial charge on any atom is 0.112 e. The first-order chi connectivity index (χ1) is 11.4. The second-order valence-electron chi connectivity index (χ2n) is 7.01. The maximum atomic E-state index is 6.44. The Balaban J connectivity index is 1.93. The van der Waals surface area contributed by atoms with Gasteiger partial charge in [-0.3, -0.25) is 4.99 Å². The SMILES string of the molecule is Cc1ccc2cc(C3=NC(C)(C)Cc4c(Cl)cccc43)nnc2c1. The quantitative estimate of drug-likeness (QED) is 0.642. The summed E-state index contributed by atoms with van der Waals surface area (Å²) in [5.74, 6) is 0. The van der Waals surface area contributed by atoms with Crippen LogP contribution in [-0.2, 0) is 6.42 Å². The molecule has 0 bridgehead atoms. The van der Waals surface area contributed by atoms with E-state index in [9.17, 15) is 0 Å². The molecule has 0 unspecified atom stereocenters. The summed E-state index contributed by atoms with van der Waals surface area (Å²) in [5.41, 5.74) is 5.74. The lowest BCUT2D eigenvalue weighted by molar-refractivity contribution is 0.513. The Morgan fingerprint density at radius 3 is 2.71 bits per heavy atom. The Kier molecular flexibility index (Phi) is 3.43. The molecule has 0 N–H and O–H groups in total. The molecule has 2 heterocycles. The second kappa shape index (κ2) is 5.38. The van der Waals surface area contributed by atoms with E-state index in [-0.39, 0.29) is 5.54 Å². The predicted molar refractivity (Wildman–Crippen MR) is 99.1 cm³/mol. The first-order valence-corrected chi connectivity index (χ1v) is 8.43. The highest BCUT2D eigenvalue weighted by Gasteiger charge is 2.29. The zero-order valence-electron chi connectivity index (χ0n) is 14.0. The molecule has 0 aliphatic carbocycles. The van der Waals surface area contributed by atoms with Crippen molar-refractivity contribution in [1.82, 2.24) is 10.2 Å². The van der Waals surface area contributed by atoms with Crippen LogP contribution in [0.3, 0.4) is 0 Å². The molecule has 3 aromatic rings. The first-order valence-electron chi connectivity index (χ1n) is 8.05. The van der Waals surface area contributed by atoms with Crippen LogP contribution in [-0.4, -0.2) is 21.4 Å². The summed E-state index contributed by atoms with van der Waals surface area (Å²) in [6.45, 7) is 6.30. The molecule has 0 amide bonds. The average Bonchev–Trinajstić information content (AvgIpc) is 2.54. The molecule has 0 saturated carbocycles. The van der Waals surface area contributed by atoms with E-state index in [2.05, 4.69) is 55.2 Å². The minimum Gasteiger partial charge on any atom is -0.276 e. The van der Waals surface area contributed by atoms with Crippen molar-refractivity contribution < 1.29 is 0 Å². The molecule has 24 heavy (non-hydrogen) atoms. The van der Waals surface area contributed by atoms with Crippen molar-refractivity contribution in [3.8, 4) is 0 Å². The minimum atomic E-state index is -0.211. The van der Waals surface area contributed by atoms with E-state index in [1.165, 1.54) is 5.56 Å². The van der Waals surface area contributed by atoms with Crippen LogP contribution in [0.2, 0.25) is 5.02 Å². The number of aromatic nitrogens is 2. The standard InChI is InChI=1S/C20H18ClN3/c1-12-7-8-13-10-18(24-23-17(13)9-12)19-14-5-4-6-16(21)15(14)11-20(2,3)22-19/h4-10H,11H2,1-3H3. The Labute approximate surface area is 146 Å². The van der Waals surface area contributed by atoms with Gasteiger partial charge in [-0.05, 0) is 56.5 Å². The largest absolute Gasteiger partial charge is 0.276 e. The fourth-order valence-electron chi connectivity index (χ4n) is 3.25. The zero-order chi connectivity index (χ0) is 16.9. The molecule has 4 rings (SSSR count). The van der Waals surface area contributed by atoms with Crippen molar-refractivity contribution in [3.63, 3.8) is 0 Å². The van der Waals surface area contributed by atoms with E-state index in [1.807, 2.05) is 18.2 Å². The van der Waals surface area contributed by atoms with Crippen LogP contribution in [0.15, 0.2) is 47.5 Å². The van der Waals surface area contributed by atoms with Crippen molar-refractivity contribution in [2.75, 3.05) is 0 Å². The summed E-state index contributed by atoms with van der Waals surface area (Å²) >= 11 is 6.44. The van der Waals surface area contributed by atoms with Gasteiger partial charge < -0.3 is 0 Å². The van der Waals surface area contributed by atoms with Crippen LogP contribution in [0.4, 0.5) is 0 Å². The molecule has 0 fully saturated rings. The van der Waals surface area contributed by atoms with E-state index < -0.39 is 0 Å². The van der Waals surface area contributed by atoms with Gasteiger partial charge in [-0.1, -0.05) is 35.9 Å². The highest BCUT2D eigenvalue weighted by molar-refractivity contribution is 6.32. The van der Waals surface area contributed by atoms with Crippen LogP contribution >= 0.6 is 11.6 Å². The van der Waals surface area contributed by atoms with Gasteiger partial charge in [-0.2, -0.15) is 0 Å². The maximum absolute atomic E-state index is 6.44. The van der Waals surface area contributed by atoms with Crippen molar-refractivity contribution in [2.24, 2.45) is 4.99 Å². The van der Waals surface area contributed by atoms with Gasteiger partial charge in [0.05, 0.1) is 16.8 Å². The summed E-state index contributed by atoms with van der Waals surface area (Å²) in [7, 11) is 0. The molecule has 2 aromatic carbocycles. The normalized spacial score (nSPS) is 15.9. The predicted octanol–water partition coefficient (Wildman–Crippen LogP) is 4.76. The summed E-state index contributed by atoms with van der Waals surface area (Å²) in [5, 5.41) is 10.7. The van der Waals surface area contributed by atoms with Crippen LogP contribution in [0.25, 0.3) is 10.9 Å². The Morgan fingerprint density at radius 1 is 1.04 bits per heavy atom. The highest BCUT2D eigenvalue weighted by atomic mass is 35.5. The molecule has 4 heteroatoms. The zero-order valence-corrected chi connectivity index (χ0v) is 14.7. The number of rotatable bonds is 1. The summed E-state index contributed by atoms with van der Waals surface area (Å²) in [4.78, 5) is 4.95. The number of nitrogens with zero attached hydrogens (tertiary/aromatic N) is 3. The van der Waals surface area contributed by atoms with Crippen LogP contribution in [0.5, 0.6) is 0 Å². The molecular weight excluding hydrogens is 318 g/mol. The van der Waals surface area contributed by atoms with Gasteiger partial charge in [-0.15, -0.1) is 10.2 Å². The fraction of sp³-hybridized carbons (Fsp3) is 0.250. The number of aryl methyl sites for hydroxylation is 1. The highest BCUT2D eigenvalue weighted by Crippen LogP contribution is 2.33. The number of fused-ring (bicyclic) bond motifs is 2. The lowest BCUT2D eigenvalue weighted by Gasteiger charge is -2.29. The molecule has 120 valence electrons. The fourth-order valence-corrected chi connectivity index (χ4v) is 3.49. The average molecular weight is 336 g/mol. The number of aliphatic imine (C=N–C) groups is 1. The van der Waals surface area contributed by atoms with E-state index in [1.54, 1.807) is 0 Å². The molecule has 0 radical (unpaired) electrons. The van der Waals surface area contributed by atoms with Gasteiger partial charge in [-0.25, -0.2) is 0 Å². The smallest absolute Gasteiger partial charge is 0.112 e. The van der Waals surface area contributed by atoms with Gasteiger partial charge in [0, 0.05) is 16.0 Å². The lowest BCUT2D eigenvalue weighted by Crippen LogP contribution is -2.30. The van der Waals surface area contributed by atoms with Crippen LogP contribution < -0.4 is 0 Å². The van der Waals surface area contributed by atoms with Gasteiger partial charge in [0.25, 0.3) is 0 Å². The first kappa shape index (κ1) is 15.3. The Hall–Kier alpha value is -2.26. The van der Waals surface area contributed by atoms with Crippen molar-refractivity contribution in [1.29, 1.82) is 0 Å². The van der Waals surface area contributed by atoms with E-state index in [4.69, 9.17) is 16.6 Å².